The maximum Gasteiger partial charge on any atom is 0.224 e. The summed E-state index contributed by atoms with van der Waals surface area (Å²) in [5.74, 6) is -0.456. The van der Waals surface area contributed by atoms with E-state index < -0.39 is 0 Å². The molecule has 0 bridgehead atoms. The van der Waals surface area contributed by atoms with Gasteiger partial charge < -0.3 is 11.1 Å². The van der Waals surface area contributed by atoms with Gasteiger partial charge in [-0.25, -0.2) is 4.39 Å². The van der Waals surface area contributed by atoms with Gasteiger partial charge >= 0.3 is 0 Å². The van der Waals surface area contributed by atoms with Crippen LogP contribution in [0.25, 0.3) is 0 Å². The Bertz CT molecular complexity index is 456. The van der Waals surface area contributed by atoms with Crippen LogP contribution in [0.5, 0.6) is 0 Å². The highest BCUT2D eigenvalue weighted by Gasteiger charge is 2.30. The van der Waals surface area contributed by atoms with Crippen LogP contribution in [0.1, 0.15) is 37.7 Å². The van der Waals surface area contributed by atoms with Crippen LogP contribution in [0, 0.1) is 11.2 Å². The number of nitrogens with two attached hydrogens (primary N) is 1. The molecule has 3 nitrogen and oxygen atoms in total. The SMILES string of the molecule is NCC1(CNC(=O)Cc2ccccc2F)CCCCC1. The fourth-order valence-corrected chi connectivity index (χ4v) is 2.92. The molecule has 1 saturated carbocycles. The Hall–Kier alpha value is -1.42. The summed E-state index contributed by atoms with van der Waals surface area (Å²) >= 11 is 0. The summed E-state index contributed by atoms with van der Waals surface area (Å²) in [6.45, 7) is 1.21. The van der Waals surface area contributed by atoms with Gasteiger partial charge in [0.1, 0.15) is 5.82 Å². The Morgan fingerprint density at radius 1 is 1.25 bits per heavy atom. The highest BCUT2D eigenvalue weighted by Crippen LogP contribution is 2.34. The third kappa shape index (κ3) is 3.79. The molecule has 1 aliphatic rings. The number of carbonyl (C=O) groups excluding carboxylic acids is 1. The predicted molar refractivity (Wildman–Crippen MR) is 77.7 cm³/mol. The molecule has 20 heavy (non-hydrogen) atoms. The Balaban J connectivity index is 1.87. The Morgan fingerprint density at radius 2 is 1.95 bits per heavy atom. The number of benzene rings is 1. The normalized spacial score (nSPS) is 17.7. The number of hydrogen-bond acceptors (Lipinski definition) is 2. The third-order valence-corrected chi connectivity index (χ3v) is 4.32. The van der Waals surface area contributed by atoms with Gasteiger partial charge in [0.15, 0.2) is 0 Å². The molecule has 4 heteroatoms. The van der Waals surface area contributed by atoms with Crippen LogP contribution in [-0.4, -0.2) is 19.0 Å². The molecule has 0 aliphatic heterocycles. The van der Waals surface area contributed by atoms with Gasteiger partial charge in [0.05, 0.1) is 6.42 Å². The van der Waals surface area contributed by atoms with Crippen molar-refractivity contribution in [3.63, 3.8) is 0 Å². The minimum atomic E-state index is -0.325. The van der Waals surface area contributed by atoms with E-state index in [1.807, 2.05) is 0 Å². The molecule has 3 N–H and O–H groups in total. The molecule has 0 saturated heterocycles. The smallest absolute Gasteiger partial charge is 0.224 e. The van der Waals surface area contributed by atoms with E-state index in [0.29, 0.717) is 18.7 Å². The first-order valence-corrected chi connectivity index (χ1v) is 7.35. The topological polar surface area (TPSA) is 55.1 Å². The lowest BCUT2D eigenvalue weighted by molar-refractivity contribution is -0.121. The van der Waals surface area contributed by atoms with Crippen LogP contribution in [0.3, 0.4) is 0 Å². The van der Waals surface area contributed by atoms with Crippen LogP contribution in [-0.2, 0) is 11.2 Å². The molecule has 0 aromatic heterocycles. The fraction of sp³-hybridized carbons (Fsp3) is 0.562. The summed E-state index contributed by atoms with van der Waals surface area (Å²) in [5, 5.41) is 2.93. The lowest BCUT2D eigenvalue weighted by Crippen LogP contribution is -2.44. The number of hydrogen-bond donors (Lipinski definition) is 2. The summed E-state index contributed by atoms with van der Waals surface area (Å²) < 4.78 is 13.5. The van der Waals surface area contributed by atoms with Crippen molar-refractivity contribution < 1.29 is 9.18 Å². The molecule has 0 radical (unpaired) electrons. The standard InChI is InChI=1S/C16H23FN2O/c17-14-7-3-2-6-13(14)10-15(20)19-12-16(11-18)8-4-1-5-9-16/h2-3,6-7H,1,4-5,8-12,18H2,(H,19,20). The fourth-order valence-electron chi connectivity index (χ4n) is 2.92. The van der Waals surface area contributed by atoms with Crippen LogP contribution >= 0.6 is 0 Å². The largest absolute Gasteiger partial charge is 0.355 e. The molecule has 1 fully saturated rings. The lowest BCUT2D eigenvalue weighted by atomic mass is 9.74. The van der Waals surface area contributed by atoms with Gasteiger partial charge in [0.2, 0.25) is 5.91 Å². The Morgan fingerprint density at radius 3 is 2.60 bits per heavy atom. The minimum Gasteiger partial charge on any atom is -0.355 e. The molecule has 1 aromatic rings. The average molecular weight is 278 g/mol. The van der Waals surface area contributed by atoms with Gasteiger partial charge in [0.25, 0.3) is 0 Å². The van der Waals surface area contributed by atoms with E-state index in [1.165, 1.54) is 25.3 Å². The molecule has 1 amide bonds. The summed E-state index contributed by atoms with van der Waals surface area (Å²) in [4.78, 5) is 11.9. The van der Waals surface area contributed by atoms with Crippen molar-refractivity contribution in [2.75, 3.05) is 13.1 Å². The minimum absolute atomic E-state index is 0.0448. The van der Waals surface area contributed by atoms with Crippen molar-refractivity contribution in [2.45, 2.75) is 38.5 Å². The molecule has 0 atom stereocenters. The molecule has 0 spiro atoms. The molecule has 0 heterocycles. The second-order valence-electron chi connectivity index (χ2n) is 5.81. The molecular formula is C16H23FN2O. The lowest BCUT2D eigenvalue weighted by Gasteiger charge is -2.36. The van der Waals surface area contributed by atoms with Crippen molar-refractivity contribution in [3.05, 3.63) is 35.6 Å². The van der Waals surface area contributed by atoms with Gasteiger partial charge in [0, 0.05) is 6.54 Å². The van der Waals surface area contributed by atoms with E-state index in [-0.39, 0.29) is 23.6 Å². The second kappa shape index (κ2) is 6.84. The van der Waals surface area contributed by atoms with Gasteiger partial charge in [-0.1, -0.05) is 37.5 Å². The van der Waals surface area contributed by atoms with Crippen LogP contribution < -0.4 is 11.1 Å². The van der Waals surface area contributed by atoms with E-state index in [2.05, 4.69) is 5.32 Å². The number of halogens is 1. The first-order valence-electron chi connectivity index (χ1n) is 7.35. The van der Waals surface area contributed by atoms with Crippen LogP contribution in [0.4, 0.5) is 4.39 Å². The maximum atomic E-state index is 13.5. The van der Waals surface area contributed by atoms with Crippen LogP contribution in [0.15, 0.2) is 24.3 Å². The maximum absolute atomic E-state index is 13.5. The third-order valence-electron chi connectivity index (χ3n) is 4.32. The zero-order chi connectivity index (χ0) is 14.4. The number of amides is 1. The molecule has 1 aromatic carbocycles. The van der Waals surface area contributed by atoms with E-state index in [9.17, 15) is 9.18 Å². The Kier molecular flexibility index (Phi) is 5.12. The summed E-state index contributed by atoms with van der Waals surface area (Å²) in [6, 6.07) is 6.40. The quantitative estimate of drug-likeness (QED) is 0.869. The van der Waals surface area contributed by atoms with Crippen molar-refractivity contribution in [1.82, 2.24) is 5.32 Å². The predicted octanol–water partition coefficient (Wildman–Crippen LogP) is 2.39. The zero-order valence-electron chi connectivity index (χ0n) is 11.8. The number of rotatable bonds is 5. The van der Waals surface area contributed by atoms with Gasteiger partial charge in [-0.2, -0.15) is 0 Å². The van der Waals surface area contributed by atoms with E-state index in [4.69, 9.17) is 5.73 Å². The van der Waals surface area contributed by atoms with Gasteiger partial charge in [-0.05, 0) is 36.4 Å². The number of nitrogens with one attached hydrogen (secondary N) is 1. The molecule has 0 unspecified atom stereocenters. The molecule has 110 valence electrons. The highest BCUT2D eigenvalue weighted by atomic mass is 19.1. The molecular weight excluding hydrogens is 255 g/mol. The van der Waals surface area contributed by atoms with E-state index in [0.717, 1.165) is 12.8 Å². The summed E-state index contributed by atoms with van der Waals surface area (Å²) in [6.07, 6.45) is 5.85. The van der Waals surface area contributed by atoms with Crippen molar-refractivity contribution in [2.24, 2.45) is 11.1 Å². The molecule has 1 aliphatic carbocycles. The van der Waals surface area contributed by atoms with Crippen molar-refractivity contribution in [3.8, 4) is 0 Å². The van der Waals surface area contributed by atoms with E-state index in [1.54, 1.807) is 18.2 Å². The number of carbonyl (C=O) groups is 1. The monoisotopic (exact) mass is 278 g/mol. The zero-order valence-corrected chi connectivity index (χ0v) is 11.8. The second-order valence-corrected chi connectivity index (χ2v) is 5.81. The molecule has 2 rings (SSSR count). The van der Waals surface area contributed by atoms with Gasteiger partial charge in [-0.3, -0.25) is 4.79 Å². The summed E-state index contributed by atoms with van der Waals surface area (Å²) in [7, 11) is 0. The Labute approximate surface area is 119 Å². The average Bonchev–Trinajstić information content (AvgIpc) is 2.49. The summed E-state index contributed by atoms with van der Waals surface area (Å²) in [5.41, 5.74) is 6.37. The van der Waals surface area contributed by atoms with Gasteiger partial charge in [-0.15, -0.1) is 0 Å². The first-order chi connectivity index (χ1) is 9.65. The first kappa shape index (κ1) is 15.0. The van der Waals surface area contributed by atoms with Crippen LogP contribution in [0.2, 0.25) is 0 Å². The van der Waals surface area contributed by atoms with Crippen molar-refractivity contribution in [1.29, 1.82) is 0 Å². The van der Waals surface area contributed by atoms with Crippen molar-refractivity contribution >= 4 is 5.91 Å². The van der Waals surface area contributed by atoms with E-state index >= 15 is 0 Å². The highest BCUT2D eigenvalue weighted by molar-refractivity contribution is 5.78.